The Balaban J connectivity index is 0.00000242. The van der Waals surface area contributed by atoms with Crippen LogP contribution in [0.1, 0.15) is 37.3 Å². The molecule has 5 heteroatoms. The molecule has 0 spiro atoms. The SMILES string of the molecule is Cc1cc(CNC(=O)CC(C)C2CCCNC2)ccc1F.Cl. The van der Waals surface area contributed by atoms with Gasteiger partial charge in [0, 0.05) is 13.0 Å². The molecule has 0 radical (unpaired) electrons. The van der Waals surface area contributed by atoms with Crippen LogP contribution in [0.5, 0.6) is 0 Å². The fourth-order valence-electron chi connectivity index (χ4n) is 2.91. The van der Waals surface area contributed by atoms with Crippen molar-refractivity contribution in [2.75, 3.05) is 13.1 Å². The highest BCUT2D eigenvalue weighted by atomic mass is 35.5. The summed E-state index contributed by atoms with van der Waals surface area (Å²) >= 11 is 0. The Bertz CT molecular complexity index is 490. The van der Waals surface area contributed by atoms with Gasteiger partial charge in [0.25, 0.3) is 0 Å². The van der Waals surface area contributed by atoms with Crippen LogP contribution >= 0.6 is 12.4 Å². The summed E-state index contributed by atoms with van der Waals surface area (Å²) in [6, 6.07) is 4.95. The van der Waals surface area contributed by atoms with E-state index in [2.05, 4.69) is 17.6 Å². The Kier molecular flexibility index (Phi) is 7.83. The van der Waals surface area contributed by atoms with E-state index in [-0.39, 0.29) is 24.1 Å². The molecule has 124 valence electrons. The molecule has 1 aromatic rings. The Labute approximate surface area is 138 Å². The van der Waals surface area contributed by atoms with Crippen molar-refractivity contribution < 1.29 is 9.18 Å². The van der Waals surface area contributed by atoms with Crippen molar-refractivity contribution in [1.82, 2.24) is 10.6 Å². The van der Waals surface area contributed by atoms with Crippen LogP contribution in [0.15, 0.2) is 18.2 Å². The largest absolute Gasteiger partial charge is 0.352 e. The molecule has 0 aliphatic carbocycles. The molecule has 1 aliphatic heterocycles. The molecule has 0 saturated carbocycles. The quantitative estimate of drug-likeness (QED) is 0.871. The predicted octanol–water partition coefficient (Wildman–Crippen LogP) is 3.20. The fourth-order valence-corrected chi connectivity index (χ4v) is 2.91. The number of rotatable bonds is 5. The van der Waals surface area contributed by atoms with Gasteiger partial charge < -0.3 is 10.6 Å². The van der Waals surface area contributed by atoms with Gasteiger partial charge in [-0.25, -0.2) is 4.39 Å². The van der Waals surface area contributed by atoms with Crippen molar-refractivity contribution in [2.24, 2.45) is 11.8 Å². The van der Waals surface area contributed by atoms with Crippen molar-refractivity contribution in [2.45, 2.75) is 39.7 Å². The Morgan fingerprint density at radius 1 is 1.50 bits per heavy atom. The second-order valence-corrected chi connectivity index (χ2v) is 6.15. The number of hydrogen-bond acceptors (Lipinski definition) is 2. The lowest BCUT2D eigenvalue weighted by Gasteiger charge is -2.28. The van der Waals surface area contributed by atoms with Crippen molar-refractivity contribution in [3.8, 4) is 0 Å². The van der Waals surface area contributed by atoms with Crippen molar-refractivity contribution in [3.05, 3.63) is 35.1 Å². The van der Waals surface area contributed by atoms with Crippen LogP contribution in [0.25, 0.3) is 0 Å². The average molecular weight is 329 g/mol. The topological polar surface area (TPSA) is 41.1 Å². The van der Waals surface area contributed by atoms with E-state index < -0.39 is 0 Å². The number of benzene rings is 1. The van der Waals surface area contributed by atoms with Crippen LogP contribution in [-0.2, 0) is 11.3 Å². The molecule has 1 amide bonds. The summed E-state index contributed by atoms with van der Waals surface area (Å²) in [4.78, 5) is 12.0. The van der Waals surface area contributed by atoms with Gasteiger partial charge in [0.15, 0.2) is 0 Å². The van der Waals surface area contributed by atoms with Crippen molar-refractivity contribution in [3.63, 3.8) is 0 Å². The number of nitrogens with one attached hydrogen (secondary N) is 2. The van der Waals surface area contributed by atoms with E-state index in [1.807, 2.05) is 0 Å². The Morgan fingerprint density at radius 3 is 2.91 bits per heavy atom. The van der Waals surface area contributed by atoms with E-state index in [0.717, 1.165) is 18.7 Å². The number of piperidine rings is 1. The first kappa shape index (κ1) is 18.9. The molecule has 0 aromatic heterocycles. The van der Waals surface area contributed by atoms with E-state index in [1.54, 1.807) is 19.1 Å². The molecule has 1 heterocycles. The molecular weight excluding hydrogens is 303 g/mol. The van der Waals surface area contributed by atoms with Crippen molar-refractivity contribution in [1.29, 1.82) is 0 Å². The highest BCUT2D eigenvalue weighted by Gasteiger charge is 2.21. The van der Waals surface area contributed by atoms with Crippen molar-refractivity contribution >= 4 is 18.3 Å². The molecule has 2 N–H and O–H groups in total. The van der Waals surface area contributed by atoms with E-state index in [1.165, 1.54) is 18.9 Å². The third-order valence-electron chi connectivity index (χ3n) is 4.36. The van der Waals surface area contributed by atoms with Crippen LogP contribution in [0.2, 0.25) is 0 Å². The number of carbonyl (C=O) groups excluding carboxylic acids is 1. The van der Waals surface area contributed by atoms with E-state index >= 15 is 0 Å². The van der Waals surface area contributed by atoms with Gasteiger partial charge in [-0.05, 0) is 61.9 Å². The summed E-state index contributed by atoms with van der Waals surface area (Å²) < 4.78 is 13.2. The number of hydrogen-bond donors (Lipinski definition) is 2. The summed E-state index contributed by atoms with van der Waals surface area (Å²) in [6.07, 6.45) is 2.97. The second-order valence-electron chi connectivity index (χ2n) is 6.15. The van der Waals surface area contributed by atoms with Gasteiger partial charge >= 0.3 is 0 Å². The summed E-state index contributed by atoms with van der Waals surface area (Å²) in [5.41, 5.74) is 1.55. The van der Waals surface area contributed by atoms with Gasteiger partial charge in [0.2, 0.25) is 5.91 Å². The normalized spacial score (nSPS) is 19.1. The molecule has 3 nitrogen and oxygen atoms in total. The molecule has 1 aromatic carbocycles. The predicted molar refractivity (Wildman–Crippen MR) is 89.6 cm³/mol. The summed E-state index contributed by atoms with van der Waals surface area (Å²) in [6.45, 7) is 6.47. The maximum atomic E-state index is 13.2. The monoisotopic (exact) mass is 328 g/mol. The minimum absolute atomic E-state index is 0. The van der Waals surface area contributed by atoms with E-state index in [9.17, 15) is 9.18 Å². The minimum atomic E-state index is -0.205. The van der Waals surface area contributed by atoms with Gasteiger partial charge in [0.05, 0.1) is 0 Å². The summed E-state index contributed by atoms with van der Waals surface area (Å²) in [5, 5.41) is 6.32. The highest BCUT2D eigenvalue weighted by molar-refractivity contribution is 5.85. The fraction of sp³-hybridized carbons (Fsp3) is 0.588. The maximum absolute atomic E-state index is 13.2. The van der Waals surface area contributed by atoms with Crippen LogP contribution < -0.4 is 10.6 Å². The van der Waals surface area contributed by atoms with Gasteiger partial charge in [-0.15, -0.1) is 12.4 Å². The lowest BCUT2D eigenvalue weighted by atomic mass is 9.85. The van der Waals surface area contributed by atoms with Crippen LogP contribution in [0.4, 0.5) is 4.39 Å². The third-order valence-corrected chi connectivity index (χ3v) is 4.36. The lowest BCUT2D eigenvalue weighted by Crippen LogP contribution is -2.35. The Morgan fingerprint density at radius 2 is 2.27 bits per heavy atom. The molecule has 0 bridgehead atoms. The first-order valence-electron chi connectivity index (χ1n) is 7.78. The lowest BCUT2D eigenvalue weighted by molar-refractivity contribution is -0.122. The summed E-state index contributed by atoms with van der Waals surface area (Å²) in [7, 11) is 0. The third kappa shape index (κ3) is 5.58. The number of amides is 1. The van der Waals surface area contributed by atoms with Gasteiger partial charge in [-0.2, -0.15) is 0 Å². The molecular formula is C17H26ClFN2O. The minimum Gasteiger partial charge on any atom is -0.352 e. The van der Waals surface area contributed by atoms with Gasteiger partial charge in [-0.1, -0.05) is 19.1 Å². The second kappa shape index (κ2) is 9.11. The highest BCUT2D eigenvalue weighted by Crippen LogP contribution is 2.22. The molecule has 2 atom stereocenters. The van der Waals surface area contributed by atoms with E-state index in [0.29, 0.717) is 30.4 Å². The molecule has 1 aliphatic rings. The van der Waals surface area contributed by atoms with Gasteiger partial charge in [-0.3, -0.25) is 4.79 Å². The zero-order chi connectivity index (χ0) is 15.2. The number of aryl methyl sites for hydroxylation is 1. The first-order valence-corrected chi connectivity index (χ1v) is 7.78. The van der Waals surface area contributed by atoms with Crippen LogP contribution in [-0.4, -0.2) is 19.0 Å². The molecule has 1 saturated heterocycles. The average Bonchev–Trinajstić information content (AvgIpc) is 2.49. The standard InChI is InChI=1S/C17H25FN2O.ClH/c1-12(15-4-3-7-19-11-15)9-17(21)20-10-14-5-6-16(18)13(2)8-14;/h5-6,8,12,15,19H,3-4,7,9-11H2,1-2H3,(H,20,21);1H. The number of halogens is 2. The molecule has 2 unspecified atom stereocenters. The smallest absolute Gasteiger partial charge is 0.220 e. The zero-order valence-electron chi connectivity index (χ0n) is 13.3. The Hall–Kier alpha value is -1.13. The first-order chi connectivity index (χ1) is 10.1. The number of carbonyl (C=O) groups is 1. The maximum Gasteiger partial charge on any atom is 0.220 e. The van der Waals surface area contributed by atoms with E-state index in [4.69, 9.17) is 0 Å². The molecule has 1 fully saturated rings. The molecule has 2 rings (SSSR count). The van der Waals surface area contributed by atoms with Crippen LogP contribution in [0.3, 0.4) is 0 Å². The summed E-state index contributed by atoms with van der Waals surface area (Å²) in [5.74, 6) is 0.865. The zero-order valence-corrected chi connectivity index (χ0v) is 14.1. The van der Waals surface area contributed by atoms with Crippen LogP contribution in [0, 0.1) is 24.6 Å². The molecule has 22 heavy (non-hydrogen) atoms. The van der Waals surface area contributed by atoms with Gasteiger partial charge in [0.1, 0.15) is 5.82 Å².